The standard InChI is InChI=1S/C17H22N2O5S/c1-23-15-7-3-6-14(12-15)19(25(2,21)22)10-4-9-17(20)18-13-16-8-5-11-24-16/h3,5-8,11-12H,4,9-10,13H2,1-2H3,(H,18,20). The number of methoxy groups -OCH3 is 1. The summed E-state index contributed by atoms with van der Waals surface area (Å²) < 4.78 is 35.7. The van der Waals surface area contributed by atoms with Gasteiger partial charge in [-0.3, -0.25) is 9.10 Å². The highest BCUT2D eigenvalue weighted by atomic mass is 32.2. The molecule has 8 heteroatoms. The van der Waals surface area contributed by atoms with Crippen LogP contribution in [0.3, 0.4) is 0 Å². The zero-order chi connectivity index (χ0) is 18.3. The van der Waals surface area contributed by atoms with Crippen molar-refractivity contribution in [3.8, 4) is 5.75 Å². The van der Waals surface area contributed by atoms with E-state index in [1.54, 1.807) is 42.7 Å². The van der Waals surface area contributed by atoms with Crippen molar-refractivity contribution in [3.63, 3.8) is 0 Å². The number of carbonyl (C=O) groups is 1. The molecule has 0 radical (unpaired) electrons. The van der Waals surface area contributed by atoms with Crippen molar-refractivity contribution in [1.29, 1.82) is 0 Å². The number of sulfonamides is 1. The first-order valence-electron chi connectivity index (χ1n) is 7.81. The highest BCUT2D eigenvalue weighted by Gasteiger charge is 2.18. The number of furan rings is 1. The van der Waals surface area contributed by atoms with Crippen LogP contribution >= 0.6 is 0 Å². The van der Waals surface area contributed by atoms with Gasteiger partial charge in [0.25, 0.3) is 0 Å². The second kappa shape index (κ2) is 8.57. The number of anilines is 1. The first-order chi connectivity index (χ1) is 11.9. The van der Waals surface area contributed by atoms with E-state index in [-0.39, 0.29) is 18.9 Å². The van der Waals surface area contributed by atoms with E-state index in [1.807, 2.05) is 0 Å². The number of hydrogen-bond donors (Lipinski definition) is 1. The fourth-order valence-corrected chi connectivity index (χ4v) is 3.28. The van der Waals surface area contributed by atoms with Crippen molar-refractivity contribution in [2.45, 2.75) is 19.4 Å². The van der Waals surface area contributed by atoms with Crippen LogP contribution in [0, 0.1) is 0 Å². The van der Waals surface area contributed by atoms with Crippen LogP contribution in [0.2, 0.25) is 0 Å². The van der Waals surface area contributed by atoms with E-state index in [0.29, 0.717) is 30.2 Å². The minimum atomic E-state index is -3.46. The van der Waals surface area contributed by atoms with E-state index in [2.05, 4.69) is 5.32 Å². The first-order valence-corrected chi connectivity index (χ1v) is 9.66. The SMILES string of the molecule is COc1cccc(N(CCCC(=O)NCc2ccco2)S(C)(=O)=O)c1. The molecule has 0 aliphatic heterocycles. The Morgan fingerprint density at radius 2 is 2.08 bits per heavy atom. The average molecular weight is 366 g/mol. The number of rotatable bonds is 9. The van der Waals surface area contributed by atoms with E-state index in [4.69, 9.17) is 9.15 Å². The number of carbonyl (C=O) groups excluding carboxylic acids is 1. The van der Waals surface area contributed by atoms with E-state index >= 15 is 0 Å². The molecular formula is C17H22N2O5S. The average Bonchev–Trinajstić information content (AvgIpc) is 3.09. The Hall–Kier alpha value is -2.48. The van der Waals surface area contributed by atoms with Crippen LogP contribution in [-0.4, -0.2) is 34.2 Å². The third-order valence-electron chi connectivity index (χ3n) is 3.55. The lowest BCUT2D eigenvalue weighted by molar-refractivity contribution is -0.121. The fraction of sp³-hybridized carbons (Fsp3) is 0.353. The molecule has 0 unspecified atom stereocenters. The maximum Gasteiger partial charge on any atom is 0.232 e. The molecule has 1 N–H and O–H groups in total. The van der Waals surface area contributed by atoms with Crippen LogP contribution in [-0.2, 0) is 21.4 Å². The molecule has 0 fully saturated rings. The summed E-state index contributed by atoms with van der Waals surface area (Å²) in [6.07, 6.45) is 3.30. The predicted octanol–water partition coefficient (Wildman–Crippen LogP) is 2.15. The number of benzene rings is 1. The highest BCUT2D eigenvalue weighted by Crippen LogP contribution is 2.23. The monoisotopic (exact) mass is 366 g/mol. The second-order valence-electron chi connectivity index (χ2n) is 5.50. The Morgan fingerprint density at radius 1 is 1.28 bits per heavy atom. The van der Waals surface area contributed by atoms with Crippen LogP contribution in [0.15, 0.2) is 47.1 Å². The Labute approximate surface area is 147 Å². The molecule has 0 atom stereocenters. The summed E-state index contributed by atoms with van der Waals surface area (Å²) >= 11 is 0. The van der Waals surface area contributed by atoms with Gasteiger partial charge in [-0.2, -0.15) is 0 Å². The van der Waals surface area contributed by atoms with E-state index in [1.165, 1.54) is 11.4 Å². The van der Waals surface area contributed by atoms with Gasteiger partial charge in [0.1, 0.15) is 11.5 Å². The lowest BCUT2D eigenvalue weighted by Gasteiger charge is -2.22. The Bertz CT molecular complexity index is 787. The van der Waals surface area contributed by atoms with E-state index in [9.17, 15) is 13.2 Å². The number of ether oxygens (including phenoxy) is 1. The molecule has 7 nitrogen and oxygen atoms in total. The molecule has 1 aromatic heterocycles. The Morgan fingerprint density at radius 3 is 2.72 bits per heavy atom. The third kappa shape index (κ3) is 5.82. The van der Waals surface area contributed by atoms with Crippen LogP contribution in [0.1, 0.15) is 18.6 Å². The molecule has 1 aromatic carbocycles. The zero-order valence-corrected chi connectivity index (χ0v) is 15.1. The third-order valence-corrected chi connectivity index (χ3v) is 4.74. The molecule has 0 aliphatic carbocycles. The summed E-state index contributed by atoms with van der Waals surface area (Å²) in [6, 6.07) is 10.3. The number of hydrogen-bond acceptors (Lipinski definition) is 5. The van der Waals surface area contributed by atoms with Gasteiger partial charge in [-0.15, -0.1) is 0 Å². The van der Waals surface area contributed by atoms with Gasteiger partial charge in [0.15, 0.2) is 0 Å². The van der Waals surface area contributed by atoms with Gasteiger partial charge in [-0.1, -0.05) is 6.07 Å². The van der Waals surface area contributed by atoms with Crippen LogP contribution < -0.4 is 14.4 Å². The summed E-state index contributed by atoms with van der Waals surface area (Å²) in [5.74, 6) is 1.08. The minimum absolute atomic E-state index is 0.157. The lowest BCUT2D eigenvalue weighted by atomic mass is 10.2. The molecule has 0 saturated heterocycles. The van der Waals surface area contributed by atoms with Gasteiger partial charge >= 0.3 is 0 Å². The number of nitrogens with one attached hydrogen (secondary N) is 1. The van der Waals surface area contributed by atoms with Crippen molar-refractivity contribution in [3.05, 3.63) is 48.4 Å². The van der Waals surface area contributed by atoms with Gasteiger partial charge in [0, 0.05) is 19.0 Å². The second-order valence-corrected chi connectivity index (χ2v) is 7.40. The molecule has 2 aromatic rings. The van der Waals surface area contributed by atoms with Crippen molar-refractivity contribution < 1.29 is 22.4 Å². The van der Waals surface area contributed by atoms with Crippen molar-refractivity contribution in [2.75, 3.05) is 24.2 Å². The van der Waals surface area contributed by atoms with Gasteiger partial charge in [-0.25, -0.2) is 8.42 Å². The topological polar surface area (TPSA) is 88.8 Å². The minimum Gasteiger partial charge on any atom is -0.497 e. The highest BCUT2D eigenvalue weighted by molar-refractivity contribution is 7.92. The van der Waals surface area contributed by atoms with Gasteiger partial charge in [0.05, 0.1) is 31.9 Å². The van der Waals surface area contributed by atoms with Crippen molar-refractivity contribution in [1.82, 2.24) is 5.32 Å². The maximum atomic E-state index is 12.1. The molecule has 2 rings (SSSR count). The first kappa shape index (κ1) is 18.9. The largest absolute Gasteiger partial charge is 0.497 e. The van der Waals surface area contributed by atoms with Crippen LogP contribution in [0.5, 0.6) is 5.75 Å². The van der Waals surface area contributed by atoms with Gasteiger partial charge < -0.3 is 14.5 Å². The fourth-order valence-electron chi connectivity index (χ4n) is 2.32. The Balaban J connectivity index is 1.91. The summed E-state index contributed by atoms with van der Waals surface area (Å²) in [5, 5.41) is 2.73. The van der Waals surface area contributed by atoms with Gasteiger partial charge in [-0.05, 0) is 30.7 Å². The van der Waals surface area contributed by atoms with E-state index < -0.39 is 10.0 Å². The summed E-state index contributed by atoms with van der Waals surface area (Å²) in [5.41, 5.74) is 0.512. The molecule has 0 bridgehead atoms. The molecule has 1 heterocycles. The Kier molecular flexibility index (Phi) is 6.46. The summed E-state index contributed by atoms with van der Waals surface area (Å²) in [6.45, 7) is 0.525. The van der Waals surface area contributed by atoms with Gasteiger partial charge in [0.2, 0.25) is 15.9 Å². The molecule has 136 valence electrons. The summed E-state index contributed by atoms with van der Waals surface area (Å²) in [4.78, 5) is 11.9. The lowest BCUT2D eigenvalue weighted by Crippen LogP contribution is -2.32. The molecule has 25 heavy (non-hydrogen) atoms. The molecule has 0 aliphatic rings. The van der Waals surface area contributed by atoms with Crippen LogP contribution in [0.4, 0.5) is 5.69 Å². The molecular weight excluding hydrogens is 344 g/mol. The quantitative estimate of drug-likeness (QED) is 0.734. The molecule has 0 spiro atoms. The molecule has 1 amide bonds. The number of amides is 1. The zero-order valence-electron chi connectivity index (χ0n) is 14.3. The normalized spacial score (nSPS) is 11.1. The predicted molar refractivity (Wildman–Crippen MR) is 95.0 cm³/mol. The smallest absolute Gasteiger partial charge is 0.232 e. The van der Waals surface area contributed by atoms with Crippen molar-refractivity contribution in [2.24, 2.45) is 0 Å². The number of nitrogens with zero attached hydrogens (tertiary/aromatic N) is 1. The maximum absolute atomic E-state index is 12.1. The summed E-state index contributed by atoms with van der Waals surface area (Å²) in [7, 11) is -1.94. The van der Waals surface area contributed by atoms with Crippen LogP contribution in [0.25, 0.3) is 0 Å². The van der Waals surface area contributed by atoms with E-state index in [0.717, 1.165) is 6.26 Å². The van der Waals surface area contributed by atoms with Crippen molar-refractivity contribution >= 4 is 21.6 Å². The molecule has 0 saturated carbocycles.